The number of hydrogen-bond acceptors (Lipinski definition) is 4. The second kappa shape index (κ2) is 7.76. The van der Waals surface area contributed by atoms with Gasteiger partial charge < -0.3 is 10.1 Å². The van der Waals surface area contributed by atoms with Crippen LogP contribution < -0.4 is 5.32 Å². The first-order chi connectivity index (χ1) is 9.61. The Labute approximate surface area is 128 Å². The summed E-state index contributed by atoms with van der Waals surface area (Å²) in [5.41, 5.74) is 2.73. The van der Waals surface area contributed by atoms with Crippen LogP contribution in [0.15, 0.2) is 11.1 Å². The van der Waals surface area contributed by atoms with Crippen molar-refractivity contribution in [2.45, 2.75) is 32.3 Å². The van der Waals surface area contributed by atoms with E-state index in [1.54, 1.807) is 0 Å². The van der Waals surface area contributed by atoms with Gasteiger partial charge in [-0.1, -0.05) is 5.57 Å². The van der Waals surface area contributed by atoms with Crippen LogP contribution in [0.5, 0.6) is 0 Å². The Morgan fingerprint density at radius 3 is 2.20 bits per heavy atom. The largest absolute Gasteiger partial charge is 0.379 e. The van der Waals surface area contributed by atoms with E-state index in [1.165, 1.54) is 11.1 Å². The third kappa shape index (κ3) is 3.95. The van der Waals surface area contributed by atoms with Gasteiger partial charge in [-0.05, 0) is 26.3 Å². The summed E-state index contributed by atoms with van der Waals surface area (Å²) < 4.78 is 5.46. The van der Waals surface area contributed by atoms with E-state index in [0.29, 0.717) is 6.04 Å². The molecule has 2 atom stereocenters. The zero-order chi connectivity index (χ0) is 14.5. The zero-order valence-corrected chi connectivity index (χ0v) is 13.7. The monoisotopic (exact) mass is 301 g/mol. The number of nitrogens with one attached hydrogen (secondary N) is 1. The summed E-state index contributed by atoms with van der Waals surface area (Å²) in [6, 6.07) is 0.390. The lowest BCUT2D eigenvalue weighted by molar-refractivity contribution is 0.0247. The number of morpholine rings is 1. The molecule has 2 heterocycles. The fraction of sp³-hybridized carbons (Fsp3) is 0.867. The molecule has 0 amide bonds. The molecular weight excluding hydrogens is 274 g/mol. The van der Waals surface area contributed by atoms with Crippen LogP contribution in [-0.2, 0) is 4.74 Å². The maximum Gasteiger partial charge on any atom is 0.108 e. The SMILES string of the molecule is CC(C)=C(C(C)N1CCOCC1)C(Cl)N1CCNCC1. The molecule has 0 aromatic heterocycles. The zero-order valence-electron chi connectivity index (χ0n) is 13.0. The highest BCUT2D eigenvalue weighted by Gasteiger charge is 2.29. The molecule has 4 nitrogen and oxygen atoms in total. The quantitative estimate of drug-likeness (QED) is 0.484. The van der Waals surface area contributed by atoms with Gasteiger partial charge in [-0.25, -0.2) is 0 Å². The lowest BCUT2D eigenvalue weighted by atomic mass is 10.0. The molecule has 2 aliphatic heterocycles. The third-order valence-corrected chi connectivity index (χ3v) is 4.86. The van der Waals surface area contributed by atoms with Crippen LogP contribution in [0.25, 0.3) is 0 Å². The van der Waals surface area contributed by atoms with Crippen LogP contribution in [0.4, 0.5) is 0 Å². The second-order valence-corrected chi connectivity index (χ2v) is 6.31. The lowest BCUT2D eigenvalue weighted by Crippen LogP contribution is -2.51. The molecule has 5 heteroatoms. The fourth-order valence-corrected chi connectivity index (χ4v) is 3.72. The van der Waals surface area contributed by atoms with Crippen molar-refractivity contribution in [1.29, 1.82) is 0 Å². The van der Waals surface area contributed by atoms with E-state index in [0.717, 1.165) is 52.5 Å². The van der Waals surface area contributed by atoms with Crippen molar-refractivity contribution < 1.29 is 4.74 Å². The van der Waals surface area contributed by atoms with Gasteiger partial charge in [0.1, 0.15) is 5.50 Å². The minimum atomic E-state index is 0.0138. The summed E-state index contributed by atoms with van der Waals surface area (Å²) >= 11 is 6.82. The Bertz CT molecular complexity index is 306. The van der Waals surface area contributed by atoms with Gasteiger partial charge in [-0.2, -0.15) is 0 Å². The normalized spacial score (nSPS) is 25.2. The maximum absolute atomic E-state index is 6.82. The predicted octanol–water partition coefficient (Wildman–Crippen LogP) is 1.51. The summed E-state index contributed by atoms with van der Waals surface area (Å²) in [5.74, 6) is 0. The number of halogens is 1. The molecule has 0 bridgehead atoms. The highest BCUT2D eigenvalue weighted by molar-refractivity contribution is 6.22. The van der Waals surface area contributed by atoms with E-state index >= 15 is 0 Å². The third-order valence-electron chi connectivity index (χ3n) is 4.35. The van der Waals surface area contributed by atoms with Crippen molar-refractivity contribution in [3.05, 3.63) is 11.1 Å². The van der Waals surface area contributed by atoms with Crippen molar-refractivity contribution in [3.8, 4) is 0 Å². The highest BCUT2D eigenvalue weighted by Crippen LogP contribution is 2.26. The van der Waals surface area contributed by atoms with E-state index in [1.807, 2.05) is 0 Å². The Hall–Kier alpha value is -0.130. The summed E-state index contributed by atoms with van der Waals surface area (Å²) in [4.78, 5) is 4.88. The maximum atomic E-state index is 6.82. The number of allylic oxidation sites excluding steroid dienone is 1. The van der Waals surface area contributed by atoms with E-state index in [2.05, 4.69) is 35.9 Å². The Morgan fingerprint density at radius 2 is 1.65 bits per heavy atom. The number of nitrogens with zero attached hydrogens (tertiary/aromatic N) is 2. The topological polar surface area (TPSA) is 27.7 Å². The molecule has 0 aromatic carbocycles. The van der Waals surface area contributed by atoms with E-state index in [-0.39, 0.29) is 5.50 Å². The van der Waals surface area contributed by atoms with Gasteiger partial charge in [0.05, 0.1) is 13.2 Å². The van der Waals surface area contributed by atoms with Crippen LogP contribution in [-0.4, -0.2) is 73.8 Å². The Balaban J connectivity index is 2.07. The number of rotatable bonds is 4. The van der Waals surface area contributed by atoms with Gasteiger partial charge in [0, 0.05) is 45.3 Å². The second-order valence-electron chi connectivity index (χ2n) is 5.90. The molecule has 2 fully saturated rings. The standard InChI is InChI=1S/C15H28ClN3O/c1-12(2)14(13(3)18-8-10-20-11-9-18)15(16)19-6-4-17-5-7-19/h13,15,17H,4-11H2,1-3H3. The number of alkyl halides is 1. The van der Waals surface area contributed by atoms with Gasteiger partial charge in [-0.3, -0.25) is 9.80 Å². The average Bonchev–Trinajstić information content (AvgIpc) is 2.48. The van der Waals surface area contributed by atoms with Crippen molar-refractivity contribution in [2.75, 3.05) is 52.5 Å². The molecule has 2 unspecified atom stereocenters. The van der Waals surface area contributed by atoms with Gasteiger partial charge in [0.15, 0.2) is 0 Å². The minimum Gasteiger partial charge on any atom is -0.379 e. The molecule has 0 aliphatic carbocycles. The fourth-order valence-electron chi connectivity index (χ4n) is 3.12. The minimum absolute atomic E-state index is 0.0138. The highest BCUT2D eigenvalue weighted by atomic mass is 35.5. The first kappa shape index (κ1) is 16.2. The molecule has 2 aliphatic rings. The van der Waals surface area contributed by atoms with Gasteiger partial charge in [0.25, 0.3) is 0 Å². The molecule has 2 rings (SSSR count). The molecule has 0 radical (unpaired) electrons. The lowest BCUT2D eigenvalue weighted by Gasteiger charge is -2.40. The molecule has 0 spiro atoms. The van der Waals surface area contributed by atoms with E-state index in [9.17, 15) is 0 Å². The van der Waals surface area contributed by atoms with Crippen LogP contribution in [0.3, 0.4) is 0 Å². The first-order valence-electron chi connectivity index (χ1n) is 7.69. The summed E-state index contributed by atoms with van der Waals surface area (Å²) in [6.45, 7) is 14.4. The molecule has 116 valence electrons. The number of hydrogen-bond donors (Lipinski definition) is 1. The molecular formula is C15H28ClN3O. The van der Waals surface area contributed by atoms with Crippen molar-refractivity contribution in [3.63, 3.8) is 0 Å². The van der Waals surface area contributed by atoms with Crippen LogP contribution >= 0.6 is 11.6 Å². The van der Waals surface area contributed by atoms with Gasteiger partial charge >= 0.3 is 0 Å². The number of piperazine rings is 1. The van der Waals surface area contributed by atoms with Crippen LogP contribution in [0.2, 0.25) is 0 Å². The van der Waals surface area contributed by atoms with Crippen molar-refractivity contribution >= 4 is 11.6 Å². The Kier molecular flexibility index (Phi) is 6.30. The van der Waals surface area contributed by atoms with E-state index < -0.39 is 0 Å². The summed E-state index contributed by atoms with van der Waals surface area (Å²) in [5, 5.41) is 3.39. The molecule has 0 saturated carbocycles. The van der Waals surface area contributed by atoms with Gasteiger partial charge in [-0.15, -0.1) is 11.6 Å². The molecule has 20 heavy (non-hydrogen) atoms. The number of ether oxygens (including phenoxy) is 1. The predicted molar refractivity (Wildman–Crippen MR) is 84.3 cm³/mol. The Morgan fingerprint density at radius 1 is 1.05 bits per heavy atom. The molecule has 0 aromatic rings. The van der Waals surface area contributed by atoms with Crippen molar-refractivity contribution in [2.24, 2.45) is 0 Å². The average molecular weight is 302 g/mol. The first-order valence-corrected chi connectivity index (χ1v) is 8.13. The summed E-state index contributed by atoms with van der Waals surface area (Å²) in [6.07, 6.45) is 0. The van der Waals surface area contributed by atoms with Crippen molar-refractivity contribution in [1.82, 2.24) is 15.1 Å². The van der Waals surface area contributed by atoms with E-state index in [4.69, 9.17) is 16.3 Å². The van der Waals surface area contributed by atoms with Gasteiger partial charge in [0.2, 0.25) is 0 Å². The molecule has 1 N–H and O–H groups in total. The molecule has 2 saturated heterocycles. The summed E-state index contributed by atoms with van der Waals surface area (Å²) in [7, 11) is 0. The van der Waals surface area contributed by atoms with Crippen LogP contribution in [0.1, 0.15) is 20.8 Å². The smallest absolute Gasteiger partial charge is 0.108 e. The van der Waals surface area contributed by atoms with Crippen LogP contribution in [0, 0.1) is 0 Å².